The quantitative estimate of drug-likeness (QED) is 0.319. The van der Waals surface area contributed by atoms with E-state index in [1.54, 1.807) is 0 Å². The molecule has 0 saturated carbocycles. The summed E-state index contributed by atoms with van der Waals surface area (Å²) in [5.41, 5.74) is 5.23. The summed E-state index contributed by atoms with van der Waals surface area (Å²) in [6, 6.07) is 25.3. The number of benzene rings is 3. The average Bonchev–Trinajstić information content (AvgIpc) is 3.06. The Morgan fingerprint density at radius 3 is 2.15 bits per heavy atom. The zero-order valence-electron chi connectivity index (χ0n) is 21.8. The monoisotopic (exact) mass is 547 g/mol. The number of hydrogen-bond acceptors (Lipinski definition) is 4. The Kier molecular flexibility index (Phi) is 8.20. The van der Waals surface area contributed by atoms with Crippen LogP contribution in [-0.2, 0) is 20.5 Å². The fourth-order valence-electron chi connectivity index (χ4n) is 5.97. The number of carboxylic acid groups (broad SMARTS) is 1. The van der Waals surface area contributed by atoms with E-state index in [0.29, 0.717) is 25.8 Å². The predicted molar refractivity (Wildman–Crippen MR) is 150 cm³/mol. The van der Waals surface area contributed by atoms with E-state index in [0.717, 1.165) is 34.2 Å². The van der Waals surface area contributed by atoms with E-state index in [-0.39, 0.29) is 18.9 Å². The van der Waals surface area contributed by atoms with Crippen molar-refractivity contribution in [2.75, 3.05) is 19.3 Å². The summed E-state index contributed by atoms with van der Waals surface area (Å²) in [6.07, 6.45) is 1.71. The number of rotatable bonds is 8. The summed E-state index contributed by atoms with van der Waals surface area (Å²) >= 11 is 0. The number of fused-ring (bicyclic) bond motifs is 3. The molecule has 3 aromatic rings. The van der Waals surface area contributed by atoms with Gasteiger partial charge in [-0.25, -0.2) is 4.79 Å². The van der Waals surface area contributed by atoms with Gasteiger partial charge in [-0.1, -0.05) is 91.7 Å². The number of amides is 1. The number of carbonyl (C=O) groups is 2. The van der Waals surface area contributed by atoms with Crippen LogP contribution in [0, 0.1) is 5.92 Å². The number of aliphatic carboxylic acids is 1. The molecule has 39 heavy (non-hydrogen) atoms. The molecule has 1 amide bonds. The Balaban J connectivity index is 1.32. The van der Waals surface area contributed by atoms with Gasteiger partial charge < -0.3 is 14.7 Å². The third kappa shape index (κ3) is 5.95. The Bertz CT molecular complexity index is 1330. The molecule has 7 nitrogen and oxygen atoms in total. The summed E-state index contributed by atoms with van der Waals surface area (Å²) < 4.78 is 19.6. The van der Waals surface area contributed by atoms with E-state index in [1.807, 2.05) is 66.7 Å². The number of ether oxygens (including phenoxy) is 1. The van der Waals surface area contributed by atoms with Gasteiger partial charge in [0.25, 0.3) is 0 Å². The molecule has 1 aliphatic carbocycles. The Labute approximate surface area is 228 Å². The van der Waals surface area contributed by atoms with Gasteiger partial charge in [0.15, 0.2) is 0 Å². The van der Waals surface area contributed by atoms with E-state index in [2.05, 4.69) is 12.1 Å². The van der Waals surface area contributed by atoms with Crippen molar-refractivity contribution >= 4 is 19.4 Å². The van der Waals surface area contributed by atoms with E-state index in [1.165, 1.54) is 4.90 Å². The summed E-state index contributed by atoms with van der Waals surface area (Å²) in [4.78, 5) is 38.2. The average molecular weight is 548 g/mol. The van der Waals surface area contributed by atoms with E-state index >= 15 is 0 Å². The lowest BCUT2D eigenvalue weighted by Crippen LogP contribution is -2.42. The second kappa shape index (κ2) is 11.8. The minimum atomic E-state index is -4.06. The van der Waals surface area contributed by atoms with Crippen LogP contribution in [0.5, 0.6) is 0 Å². The number of likely N-dealkylation sites (tertiary alicyclic amines) is 1. The smallest absolute Gasteiger partial charge is 0.410 e. The molecule has 1 heterocycles. The van der Waals surface area contributed by atoms with Crippen LogP contribution in [0.3, 0.4) is 0 Å². The van der Waals surface area contributed by atoms with Crippen LogP contribution in [0.25, 0.3) is 11.1 Å². The number of carboxylic acids is 1. The normalized spacial score (nSPS) is 19.3. The Morgan fingerprint density at radius 1 is 0.897 bits per heavy atom. The molecule has 0 radical (unpaired) electrons. The topological polar surface area (TPSA) is 104 Å². The molecule has 3 atom stereocenters. The molecule has 0 aromatic heterocycles. The van der Waals surface area contributed by atoms with Gasteiger partial charge in [0.05, 0.1) is 5.92 Å². The fourth-order valence-corrected chi connectivity index (χ4v) is 8.36. The van der Waals surface area contributed by atoms with Crippen LogP contribution >= 0.6 is 7.37 Å². The number of hydrogen-bond donors (Lipinski definition) is 2. The highest BCUT2D eigenvalue weighted by Crippen LogP contribution is 2.53. The molecule has 8 heteroatoms. The first-order valence-corrected chi connectivity index (χ1v) is 15.5. The molecular weight excluding hydrogens is 513 g/mol. The van der Waals surface area contributed by atoms with Crippen molar-refractivity contribution in [1.29, 1.82) is 0 Å². The van der Waals surface area contributed by atoms with Gasteiger partial charge in [-0.15, -0.1) is 0 Å². The first kappa shape index (κ1) is 27.2. The van der Waals surface area contributed by atoms with Crippen molar-refractivity contribution in [3.63, 3.8) is 0 Å². The first-order chi connectivity index (χ1) is 18.8. The van der Waals surface area contributed by atoms with Gasteiger partial charge >= 0.3 is 12.1 Å². The van der Waals surface area contributed by atoms with Gasteiger partial charge in [0.1, 0.15) is 12.4 Å². The summed E-state index contributed by atoms with van der Waals surface area (Å²) in [7, 11) is -4.06. The van der Waals surface area contributed by atoms with Crippen LogP contribution in [0.15, 0.2) is 78.9 Å². The van der Waals surface area contributed by atoms with Gasteiger partial charge in [0, 0.05) is 18.6 Å². The summed E-state index contributed by atoms with van der Waals surface area (Å²) in [5.74, 6) is -3.23. The molecule has 5 rings (SSSR count). The van der Waals surface area contributed by atoms with Crippen molar-refractivity contribution in [2.24, 2.45) is 5.92 Å². The largest absolute Gasteiger partial charge is 0.481 e. The molecule has 2 N–H and O–H groups in total. The Morgan fingerprint density at radius 2 is 1.51 bits per heavy atom. The zero-order valence-corrected chi connectivity index (χ0v) is 22.7. The van der Waals surface area contributed by atoms with Crippen molar-refractivity contribution in [3.05, 3.63) is 95.6 Å². The van der Waals surface area contributed by atoms with Crippen LogP contribution < -0.4 is 0 Å². The first-order valence-electron chi connectivity index (χ1n) is 13.5. The lowest BCUT2D eigenvalue weighted by Gasteiger charge is -2.33. The lowest BCUT2D eigenvalue weighted by atomic mass is 9.98. The maximum absolute atomic E-state index is 13.8. The fraction of sp³-hybridized carbons (Fsp3) is 0.355. The zero-order chi connectivity index (χ0) is 27.4. The van der Waals surface area contributed by atoms with E-state index in [4.69, 9.17) is 4.74 Å². The van der Waals surface area contributed by atoms with E-state index in [9.17, 15) is 24.2 Å². The third-order valence-electron chi connectivity index (χ3n) is 7.91. The molecule has 3 aromatic carbocycles. The van der Waals surface area contributed by atoms with Crippen LogP contribution in [-0.4, -0.2) is 52.1 Å². The van der Waals surface area contributed by atoms with Crippen molar-refractivity contribution < 1.29 is 28.9 Å². The van der Waals surface area contributed by atoms with Crippen molar-refractivity contribution in [3.8, 4) is 11.1 Å². The van der Waals surface area contributed by atoms with Crippen LogP contribution in [0.1, 0.15) is 48.3 Å². The molecule has 0 bridgehead atoms. The second-order valence-electron chi connectivity index (χ2n) is 10.5. The molecule has 2 aliphatic rings. The maximum atomic E-state index is 13.8. The molecule has 1 unspecified atom stereocenters. The number of carbonyl (C=O) groups excluding carboxylic acids is 1. The van der Waals surface area contributed by atoms with E-state index < -0.39 is 37.3 Å². The highest BCUT2D eigenvalue weighted by Gasteiger charge is 2.42. The molecule has 1 saturated heterocycles. The minimum absolute atomic E-state index is 0.116. The minimum Gasteiger partial charge on any atom is -0.481 e. The van der Waals surface area contributed by atoms with Gasteiger partial charge in [-0.2, -0.15) is 0 Å². The van der Waals surface area contributed by atoms with Gasteiger partial charge in [0.2, 0.25) is 7.37 Å². The lowest BCUT2D eigenvalue weighted by molar-refractivity contribution is -0.141. The summed E-state index contributed by atoms with van der Waals surface area (Å²) in [6.45, 7) is 0.430. The van der Waals surface area contributed by atoms with Crippen molar-refractivity contribution in [2.45, 2.75) is 43.8 Å². The molecule has 204 valence electrons. The molecular formula is C31H34NO6P. The SMILES string of the molecule is O=C(O)[C@H](Cc1ccccc1)CP(=O)(O)[C@@H]1CCCCCN1C(=O)OCC1c2ccccc2-c2ccccc21. The second-order valence-corrected chi connectivity index (χ2v) is 13.0. The Hall–Kier alpha value is -3.41. The summed E-state index contributed by atoms with van der Waals surface area (Å²) in [5, 5.41) is 9.86. The number of nitrogens with zero attached hydrogens (tertiary/aromatic N) is 1. The predicted octanol–water partition coefficient (Wildman–Crippen LogP) is 6.35. The van der Waals surface area contributed by atoms with Crippen molar-refractivity contribution in [1.82, 2.24) is 4.90 Å². The van der Waals surface area contributed by atoms with Crippen LogP contribution in [0.2, 0.25) is 0 Å². The maximum Gasteiger partial charge on any atom is 0.410 e. The molecule has 1 aliphatic heterocycles. The highest BCUT2D eigenvalue weighted by molar-refractivity contribution is 7.58. The molecule has 1 fully saturated rings. The standard InChI is InChI=1S/C31H34NO6P/c33-30(34)23(19-22-11-3-1-4-12-22)21-39(36,37)29-17-5-2-10-18-32(29)31(35)38-20-28-26-15-8-6-13-24(26)25-14-7-9-16-27(25)28/h1,3-4,6-9,11-16,23,28-29H,2,5,10,17-21H2,(H,33,34)(H,36,37)/t23-,29-/m1/s1. The van der Waals surface area contributed by atoms with Gasteiger partial charge in [-0.3, -0.25) is 14.3 Å². The van der Waals surface area contributed by atoms with Crippen LogP contribution in [0.4, 0.5) is 4.79 Å². The third-order valence-corrected chi connectivity index (χ3v) is 10.3. The highest BCUT2D eigenvalue weighted by atomic mass is 31.2. The molecule has 0 spiro atoms. The van der Waals surface area contributed by atoms with Gasteiger partial charge in [-0.05, 0) is 47.1 Å².